The summed E-state index contributed by atoms with van der Waals surface area (Å²) in [5.41, 5.74) is 0. The molecule has 0 saturated carbocycles. The van der Waals surface area contributed by atoms with Gasteiger partial charge in [-0.1, -0.05) is 0 Å². The molecule has 1 fully saturated rings. The first-order valence-electron chi connectivity index (χ1n) is 5.86. The summed E-state index contributed by atoms with van der Waals surface area (Å²) in [7, 11) is -3.17. The fraction of sp³-hybridized carbons (Fsp3) is 0.636. The van der Waals surface area contributed by atoms with Gasteiger partial charge in [0.25, 0.3) is 0 Å². The van der Waals surface area contributed by atoms with Gasteiger partial charge in [-0.2, -0.15) is 11.8 Å². The lowest BCUT2D eigenvalue weighted by Crippen LogP contribution is -2.41. The van der Waals surface area contributed by atoms with E-state index in [0.29, 0.717) is 6.54 Å². The molecule has 0 spiro atoms. The van der Waals surface area contributed by atoms with Crippen molar-refractivity contribution in [1.29, 1.82) is 0 Å². The summed E-state index contributed by atoms with van der Waals surface area (Å²) in [6.45, 7) is 2.28. The van der Waals surface area contributed by atoms with Crippen LogP contribution in [0.4, 0.5) is 0 Å². The zero-order chi connectivity index (χ0) is 13.0. The summed E-state index contributed by atoms with van der Waals surface area (Å²) in [5, 5.41) is 0. The Morgan fingerprint density at radius 3 is 2.78 bits per heavy atom. The summed E-state index contributed by atoms with van der Waals surface area (Å²) >= 11 is 1.93. The van der Waals surface area contributed by atoms with Crippen molar-refractivity contribution in [2.24, 2.45) is 0 Å². The molecule has 0 aliphatic carbocycles. The molecule has 0 amide bonds. The molecule has 2 rings (SSSR count). The third-order valence-electron chi connectivity index (χ3n) is 2.90. The molecule has 1 aliphatic rings. The van der Waals surface area contributed by atoms with Crippen LogP contribution in [0.3, 0.4) is 0 Å². The van der Waals surface area contributed by atoms with E-state index in [1.165, 1.54) is 6.26 Å². The molecule has 2 heterocycles. The maximum Gasteiger partial charge on any atom is 0.208 e. The van der Waals surface area contributed by atoms with E-state index >= 15 is 0 Å². The monoisotopic (exact) mass is 290 g/mol. The lowest BCUT2D eigenvalue weighted by molar-refractivity contribution is 0.193. The zero-order valence-electron chi connectivity index (χ0n) is 10.3. The molecule has 1 aromatic heterocycles. The Morgan fingerprint density at radius 2 is 2.22 bits per heavy atom. The predicted octanol–water partition coefficient (Wildman–Crippen LogP) is 0.919. The lowest BCUT2D eigenvalue weighted by atomic mass is 10.2. The minimum absolute atomic E-state index is 0.0179. The largest absolute Gasteiger partial charge is 0.468 e. The van der Waals surface area contributed by atoms with Crippen molar-refractivity contribution in [3.8, 4) is 0 Å². The first-order valence-corrected chi connectivity index (χ1v) is 8.91. The Labute approximate surface area is 112 Å². The summed E-state index contributed by atoms with van der Waals surface area (Å²) in [4.78, 5) is 2.27. The SMILES string of the molecule is CS(=O)(=O)NC[C@H](c1ccco1)N1CCSCC1. The number of rotatable bonds is 5. The molecule has 1 N–H and O–H groups in total. The van der Waals surface area contributed by atoms with Gasteiger partial charge in [0.15, 0.2) is 0 Å². The third kappa shape index (κ3) is 4.01. The normalized spacial score (nSPS) is 19.8. The Bertz CT molecular complexity index is 453. The standard InChI is InChI=1S/C11H18N2O3S2/c1-18(14,15)12-9-10(11-3-2-6-16-11)13-4-7-17-8-5-13/h2-3,6,10,12H,4-5,7-9H2,1H3/t10-/m1/s1. The van der Waals surface area contributed by atoms with Crippen LogP contribution in [0.5, 0.6) is 0 Å². The molecule has 0 radical (unpaired) electrons. The molecule has 1 atom stereocenters. The van der Waals surface area contributed by atoms with Gasteiger partial charge < -0.3 is 4.42 Å². The molecule has 0 bridgehead atoms. The number of nitrogens with zero attached hydrogens (tertiary/aromatic N) is 1. The highest BCUT2D eigenvalue weighted by atomic mass is 32.2. The number of nitrogens with one attached hydrogen (secondary N) is 1. The number of hydrogen-bond acceptors (Lipinski definition) is 5. The highest BCUT2D eigenvalue weighted by Crippen LogP contribution is 2.24. The first-order chi connectivity index (χ1) is 8.56. The van der Waals surface area contributed by atoms with Crippen LogP contribution in [-0.4, -0.2) is 50.7 Å². The smallest absolute Gasteiger partial charge is 0.208 e. The van der Waals surface area contributed by atoms with E-state index in [1.54, 1.807) is 6.26 Å². The molecular formula is C11H18N2O3S2. The van der Waals surface area contributed by atoms with Gasteiger partial charge >= 0.3 is 0 Å². The fourth-order valence-corrected chi connectivity index (χ4v) is 3.40. The highest BCUT2D eigenvalue weighted by Gasteiger charge is 2.25. The molecule has 7 heteroatoms. The summed E-state index contributed by atoms with van der Waals surface area (Å²) < 4.78 is 30.4. The third-order valence-corrected chi connectivity index (χ3v) is 4.53. The van der Waals surface area contributed by atoms with Crippen LogP contribution < -0.4 is 4.72 Å². The van der Waals surface area contributed by atoms with Crippen LogP contribution in [0.15, 0.2) is 22.8 Å². The Morgan fingerprint density at radius 1 is 1.50 bits per heavy atom. The van der Waals surface area contributed by atoms with Gasteiger partial charge in [0.05, 0.1) is 18.6 Å². The van der Waals surface area contributed by atoms with Crippen LogP contribution in [0.1, 0.15) is 11.8 Å². The van der Waals surface area contributed by atoms with Crippen molar-refractivity contribution >= 4 is 21.8 Å². The molecule has 1 aliphatic heterocycles. The molecule has 18 heavy (non-hydrogen) atoms. The van der Waals surface area contributed by atoms with Gasteiger partial charge in [0.1, 0.15) is 5.76 Å². The van der Waals surface area contributed by atoms with Crippen LogP contribution in [0.25, 0.3) is 0 Å². The van der Waals surface area contributed by atoms with Crippen molar-refractivity contribution in [1.82, 2.24) is 9.62 Å². The van der Waals surface area contributed by atoms with Gasteiger partial charge in [-0.25, -0.2) is 13.1 Å². The van der Waals surface area contributed by atoms with Gasteiger partial charge in [0.2, 0.25) is 10.0 Å². The average Bonchev–Trinajstić information content (AvgIpc) is 2.83. The molecule has 1 aromatic rings. The van der Waals surface area contributed by atoms with Crippen LogP contribution in [-0.2, 0) is 10.0 Å². The Kier molecular flexibility index (Phi) is 4.71. The quantitative estimate of drug-likeness (QED) is 0.873. The molecule has 5 nitrogen and oxygen atoms in total. The van der Waals surface area contributed by atoms with E-state index in [0.717, 1.165) is 30.4 Å². The summed E-state index contributed by atoms with van der Waals surface area (Å²) in [6, 6.07) is 3.72. The van der Waals surface area contributed by atoms with E-state index in [4.69, 9.17) is 4.42 Å². The summed E-state index contributed by atoms with van der Waals surface area (Å²) in [6.07, 6.45) is 2.81. The van der Waals surface area contributed by atoms with Gasteiger partial charge in [-0.05, 0) is 12.1 Å². The number of hydrogen-bond donors (Lipinski definition) is 1. The van der Waals surface area contributed by atoms with Gasteiger partial charge in [0, 0.05) is 31.1 Å². The van der Waals surface area contributed by atoms with Crippen molar-refractivity contribution in [3.63, 3.8) is 0 Å². The zero-order valence-corrected chi connectivity index (χ0v) is 12.0. The average molecular weight is 290 g/mol. The lowest BCUT2D eigenvalue weighted by Gasteiger charge is -2.33. The maximum absolute atomic E-state index is 11.2. The van der Waals surface area contributed by atoms with Crippen LogP contribution in [0.2, 0.25) is 0 Å². The minimum atomic E-state index is -3.17. The Hall–Kier alpha value is -0.500. The van der Waals surface area contributed by atoms with Crippen LogP contribution >= 0.6 is 11.8 Å². The second kappa shape index (κ2) is 6.10. The van der Waals surface area contributed by atoms with Crippen molar-refractivity contribution < 1.29 is 12.8 Å². The van der Waals surface area contributed by atoms with Crippen molar-refractivity contribution in [2.75, 3.05) is 37.4 Å². The second-order valence-corrected chi connectivity index (χ2v) is 7.36. The predicted molar refractivity (Wildman–Crippen MR) is 73.2 cm³/mol. The number of sulfonamides is 1. The second-order valence-electron chi connectivity index (χ2n) is 4.30. The van der Waals surface area contributed by atoms with Gasteiger partial charge in [-0.3, -0.25) is 4.90 Å². The molecule has 1 saturated heterocycles. The highest BCUT2D eigenvalue weighted by molar-refractivity contribution is 7.99. The topological polar surface area (TPSA) is 62.6 Å². The molecule has 0 unspecified atom stereocenters. The Balaban J connectivity index is 2.07. The van der Waals surface area contributed by atoms with E-state index in [-0.39, 0.29) is 6.04 Å². The molecular weight excluding hydrogens is 272 g/mol. The van der Waals surface area contributed by atoms with Crippen molar-refractivity contribution in [2.45, 2.75) is 6.04 Å². The molecule has 0 aromatic carbocycles. The number of furan rings is 1. The van der Waals surface area contributed by atoms with E-state index in [2.05, 4.69) is 9.62 Å². The molecule has 102 valence electrons. The number of thioether (sulfide) groups is 1. The fourth-order valence-electron chi connectivity index (χ4n) is 2.01. The maximum atomic E-state index is 11.2. The minimum Gasteiger partial charge on any atom is -0.468 e. The van der Waals surface area contributed by atoms with Gasteiger partial charge in [-0.15, -0.1) is 0 Å². The van der Waals surface area contributed by atoms with Crippen molar-refractivity contribution in [3.05, 3.63) is 24.2 Å². The first kappa shape index (κ1) is 13.9. The summed E-state index contributed by atoms with van der Waals surface area (Å²) in [5.74, 6) is 2.98. The van der Waals surface area contributed by atoms with E-state index in [1.807, 2.05) is 23.9 Å². The van der Waals surface area contributed by atoms with E-state index < -0.39 is 10.0 Å². The van der Waals surface area contributed by atoms with Crippen LogP contribution in [0, 0.1) is 0 Å². The van der Waals surface area contributed by atoms with E-state index in [9.17, 15) is 8.42 Å².